The molecule has 0 aromatic rings. The van der Waals surface area contributed by atoms with Crippen LogP contribution >= 0.6 is 23.2 Å². The van der Waals surface area contributed by atoms with Crippen LogP contribution in [-0.4, -0.2) is 51.9 Å². The highest BCUT2D eigenvalue weighted by Gasteiger charge is 2.53. The lowest BCUT2D eigenvalue weighted by molar-refractivity contribution is -0.136. The smallest absolute Gasteiger partial charge is 0.243 e. The first-order valence-electron chi connectivity index (χ1n) is 8.80. The van der Waals surface area contributed by atoms with Gasteiger partial charge in [0.1, 0.15) is 5.41 Å². The van der Waals surface area contributed by atoms with E-state index in [1.807, 2.05) is 4.90 Å². The number of nitrogens with zero attached hydrogens (tertiary/aromatic N) is 2. The summed E-state index contributed by atoms with van der Waals surface area (Å²) in [5.41, 5.74) is 5.71. The van der Waals surface area contributed by atoms with Crippen LogP contribution in [0.3, 0.4) is 0 Å². The normalized spacial score (nSPS) is 37.5. The quantitative estimate of drug-likeness (QED) is 0.738. The highest BCUT2D eigenvalue weighted by Crippen LogP contribution is 2.47. The van der Waals surface area contributed by atoms with E-state index in [0.29, 0.717) is 38.8 Å². The minimum atomic E-state index is -0.740. The molecule has 134 valence electrons. The molecule has 1 aliphatic heterocycles. The van der Waals surface area contributed by atoms with Gasteiger partial charge in [-0.15, -0.1) is 23.2 Å². The average Bonchev–Trinajstić information content (AvgIpc) is 3.38. The van der Waals surface area contributed by atoms with Gasteiger partial charge in [0, 0.05) is 25.0 Å². The number of likely N-dealkylation sites (tertiary alicyclic amines) is 1. The minimum absolute atomic E-state index is 0.0134. The molecule has 3 N–H and O–H groups in total. The number of aliphatic hydroxyl groups excluding tert-OH is 1. The van der Waals surface area contributed by atoms with E-state index in [2.05, 4.69) is 6.07 Å². The molecule has 3 aliphatic rings. The van der Waals surface area contributed by atoms with Gasteiger partial charge in [-0.2, -0.15) is 5.26 Å². The van der Waals surface area contributed by atoms with Crippen molar-refractivity contribution in [3.8, 4) is 6.07 Å². The first-order chi connectivity index (χ1) is 11.4. The molecule has 0 spiro atoms. The number of rotatable bonds is 3. The van der Waals surface area contributed by atoms with E-state index in [1.165, 1.54) is 0 Å². The van der Waals surface area contributed by atoms with Gasteiger partial charge in [0.2, 0.25) is 5.91 Å². The van der Waals surface area contributed by atoms with Crippen LogP contribution < -0.4 is 5.73 Å². The second-order valence-electron chi connectivity index (χ2n) is 7.64. The van der Waals surface area contributed by atoms with Crippen molar-refractivity contribution in [3.05, 3.63) is 0 Å². The Morgan fingerprint density at radius 3 is 2.38 bits per heavy atom. The predicted molar refractivity (Wildman–Crippen MR) is 92.6 cm³/mol. The number of piperidine rings is 1. The van der Waals surface area contributed by atoms with Crippen LogP contribution in [0.4, 0.5) is 0 Å². The summed E-state index contributed by atoms with van der Waals surface area (Å²) in [4.78, 5) is 14.2. The minimum Gasteiger partial charge on any atom is -0.393 e. The van der Waals surface area contributed by atoms with Crippen LogP contribution in [0, 0.1) is 28.6 Å². The van der Waals surface area contributed by atoms with E-state index < -0.39 is 11.5 Å². The Labute approximate surface area is 153 Å². The van der Waals surface area contributed by atoms with Crippen molar-refractivity contribution >= 4 is 29.1 Å². The first-order valence-corrected chi connectivity index (χ1v) is 9.67. The largest absolute Gasteiger partial charge is 0.393 e. The van der Waals surface area contributed by atoms with Crippen molar-refractivity contribution in [3.63, 3.8) is 0 Å². The highest BCUT2D eigenvalue weighted by atomic mass is 35.5. The Balaban J connectivity index is 1.55. The van der Waals surface area contributed by atoms with Crippen molar-refractivity contribution in [2.45, 2.75) is 61.4 Å². The summed E-state index contributed by atoms with van der Waals surface area (Å²) in [6.07, 6.45) is 3.61. The molecule has 0 aromatic heterocycles. The monoisotopic (exact) mass is 373 g/mol. The van der Waals surface area contributed by atoms with E-state index >= 15 is 0 Å². The molecule has 0 aromatic carbocycles. The summed E-state index contributed by atoms with van der Waals surface area (Å²) in [5, 5.41) is 19.1. The third kappa shape index (κ3) is 3.39. The van der Waals surface area contributed by atoms with E-state index in [9.17, 15) is 15.2 Å². The molecule has 7 heteroatoms. The maximum atomic E-state index is 12.4. The average molecular weight is 374 g/mol. The van der Waals surface area contributed by atoms with E-state index in [-0.39, 0.29) is 34.5 Å². The Morgan fingerprint density at radius 1 is 1.25 bits per heavy atom. The molecule has 0 bridgehead atoms. The first kappa shape index (κ1) is 18.3. The summed E-state index contributed by atoms with van der Waals surface area (Å²) >= 11 is 12.4. The van der Waals surface area contributed by atoms with Crippen molar-refractivity contribution in [2.75, 3.05) is 13.1 Å². The molecule has 3 rings (SSSR count). The zero-order valence-corrected chi connectivity index (χ0v) is 15.2. The van der Waals surface area contributed by atoms with Crippen molar-refractivity contribution < 1.29 is 9.90 Å². The SMILES string of the molecule is N#CC1(C(=O)N2CCC(C(N)C3CC(Cl)C(Cl)CC3O)CC2)CC1. The summed E-state index contributed by atoms with van der Waals surface area (Å²) < 4.78 is 0. The Hall–Kier alpha value is -0.540. The lowest BCUT2D eigenvalue weighted by Crippen LogP contribution is -2.52. The summed E-state index contributed by atoms with van der Waals surface area (Å²) in [7, 11) is 0. The lowest BCUT2D eigenvalue weighted by Gasteiger charge is -2.42. The fourth-order valence-corrected chi connectivity index (χ4v) is 4.76. The van der Waals surface area contributed by atoms with Gasteiger partial charge in [0.25, 0.3) is 0 Å². The van der Waals surface area contributed by atoms with Gasteiger partial charge in [0.05, 0.1) is 22.9 Å². The molecule has 3 fully saturated rings. The molecule has 1 heterocycles. The summed E-state index contributed by atoms with van der Waals surface area (Å²) in [6.45, 7) is 1.29. The molecule has 24 heavy (non-hydrogen) atoms. The van der Waals surface area contributed by atoms with Crippen molar-refractivity contribution in [2.24, 2.45) is 23.0 Å². The van der Waals surface area contributed by atoms with E-state index in [4.69, 9.17) is 28.9 Å². The second-order valence-corrected chi connectivity index (χ2v) is 8.76. The van der Waals surface area contributed by atoms with Crippen LogP contribution in [0.1, 0.15) is 38.5 Å². The third-order valence-corrected chi connectivity index (χ3v) is 7.18. The number of nitrogens with two attached hydrogens (primary N) is 1. The van der Waals surface area contributed by atoms with Crippen LogP contribution in [0.2, 0.25) is 0 Å². The van der Waals surface area contributed by atoms with Crippen molar-refractivity contribution in [1.82, 2.24) is 4.90 Å². The zero-order chi connectivity index (χ0) is 17.5. The topological polar surface area (TPSA) is 90.4 Å². The maximum Gasteiger partial charge on any atom is 0.243 e. The number of halogens is 2. The molecule has 2 saturated carbocycles. The van der Waals surface area contributed by atoms with Crippen LogP contribution in [-0.2, 0) is 4.79 Å². The fourth-order valence-electron chi connectivity index (χ4n) is 4.17. The molecular formula is C17H25Cl2N3O2. The van der Waals surface area contributed by atoms with Gasteiger partial charge in [-0.05, 0) is 44.4 Å². The molecule has 5 unspecified atom stereocenters. The number of alkyl halides is 2. The standard InChI is InChI=1S/C17H25Cl2N3O2/c18-12-7-11(14(23)8-13(12)19)15(21)10-1-5-22(6-2-10)16(24)17(9-20)3-4-17/h10-15,23H,1-8,21H2. The molecule has 5 nitrogen and oxygen atoms in total. The molecule has 1 amide bonds. The number of hydrogen-bond donors (Lipinski definition) is 2. The highest BCUT2D eigenvalue weighted by molar-refractivity contribution is 6.30. The number of carbonyl (C=O) groups excluding carboxylic acids is 1. The van der Waals surface area contributed by atoms with Gasteiger partial charge in [-0.25, -0.2) is 0 Å². The number of carbonyl (C=O) groups is 1. The predicted octanol–water partition coefficient (Wildman–Crippen LogP) is 1.84. The number of hydrogen-bond acceptors (Lipinski definition) is 4. The van der Waals surface area contributed by atoms with Crippen molar-refractivity contribution in [1.29, 1.82) is 5.26 Å². The molecular weight excluding hydrogens is 349 g/mol. The van der Waals surface area contributed by atoms with Gasteiger partial charge >= 0.3 is 0 Å². The maximum absolute atomic E-state index is 12.4. The van der Waals surface area contributed by atoms with Gasteiger partial charge in [-0.1, -0.05) is 0 Å². The Kier molecular flexibility index (Phi) is 5.32. The fraction of sp³-hybridized carbons (Fsp3) is 0.882. The molecule has 1 saturated heterocycles. The molecule has 5 atom stereocenters. The number of aliphatic hydroxyl groups is 1. The zero-order valence-electron chi connectivity index (χ0n) is 13.7. The molecule has 0 radical (unpaired) electrons. The lowest BCUT2D eigenvalue weighted by atomic mass is 9.74. The van der Waals surface area contributed by atoms with Crippen LogP contribution in [0.5, 0.6) is 0 Å². The van der Waals surface area contributed by atoms with Gasteiger partial charge < -0.3 is 15.7 Å². The summed E-state index contributed by atoms with van der Waals surface area (Å²) in [5.74, 6) is 0.214. The molecule has 2 aliphatic carbocycles. The van der Waals surface area contributed by atoms with E-state index in [0.717, 1.165) is 12.8 Å². The van der Waals surface area contributed by atoms with Crippen LogP contribution in [0.25, 0.3) is 0 Å². The number of amides is 1. The van der Waals surface area contributed by atoms with Gasteiger partial charge in [0.15, 0.2) is 0 Å². The Bertz CT molecular complexity index is 526. The van der Waals surface area contributed by atoms with Gasteiger partial charge in [-0.3, -0.25) is 4.79 Å². The third-order valence-electron chi connectivity index (χ3n) is 6.09. The van der Waals surface area contributed by atoms with E-state index in [1.54, 1.807) is 0 Å². The summed E-state index contributed by atoms with van der Waals surface area (Å²) in [6, 6.07) is 2.04. The van der Waals surface area contributed by atoms with Crippen LogP contribution in [0.15, 0.2) is 0 Å². The number of nitriles is 1. The Morgan fingerprint density at radius 2 is 1.83 bits per heavy atom. The second kappa shape index (κ2) is 6.99.